The summed E-state index contributed by atoms with van der Waals surface area (Å²) >= 11 is 0. The number of aromatic nitrogens is 2. The summed E-state index contributed by atoms with van der Waals surface area (Å²) in [5.74, 6) is 0.513. The molecular weight excluding hydrogens is 228 g/mol. The number of aldehydes is 1. The predicted molar refractivity (Wildman–Crippen MR) is 68.8 cm³/mol. The lowest BCUT2D eigenvalue weighted by Crippen LogP contribution is -2.07. The van der Waals surface area contributed by atoms with Crippen LogP contribution in [0.25, 0.3) is 0 Å². The van der Waals surface area contributed by atoms with Crippen LogP contribution in [0.4, 0.5) is 0 Å². The van der Waals surface area contributed by atoms with E-state index >= 15 is 0 Å². The molecule has 1 aromatic heterocycles. The Labute approximate surface area is 106 Å². The van der Waals surface area contributed by atoms with Gasteiger partial charge in [-0.1, -0.05) is 30.3 Å². The molecule has 0 spiro atoms. The standard InChI is InChI=1S/C14H16N2O2/c1-10-13(9-17)14(16(3)15-10)18-11(2)12-7-5-4-6-8-12/h4-9,11H,1-3H3. The highest BCUT2D eigenvalue weighted by Gasteiger charge is 2.17. The van der Waals surface area contributed by atoms with Gasteiger partial charge in [0.2, 0.25) is 5.88 Å². The molecule has 0 radical (unpaired) electrons. The molecule has 0 saturated carbocycles. The smallest absolute Gasteiger partial charge is 0.223 e. The van der Waals surface area contributed by atoms with Crippen LogP contribution in [-0.4, -0.2) is 16.1 Å². The number of carbonyl (C=O) groups excluding carboxylic acids is 1. The zero-order valence-corrected chi connectivity index (χ0v) is 10.8. The van der Waals surface area contributed by atoms with Gasteiger partial charge in [-0.3, -0.25) is 4.79 Å². The number of aryl methyl sites for hydroxylation is 2. The molecule has 0 aliphatic rings. The highest BCUT2D eigenvalue weighted by atomic mass is 16.5. The van der Waals surface area contributed by atoms with Gasteiger partial charge < -0.3 is 4.74 Å². The Morgan fingerprint density at radius 1 is 1.33 bits per heavy atom. The molecule has 0 saturated heterocycles. The minimum Gasteiger partial charge on any atom is -0.469 e. The van der Waals surface area contributed by atoms with Gasteiger partial charge in [-0.15, -0.1) is 0 Å². The van der Waals surface area contributed by atoms with E-state index < -0.39 is 0 Å². The van der Waals surface area contributed by atoms with Gasteiger partial charge in [0.1, 0.15) is 6.10 Å². The first-order valence-corrected chi connectivity index (χ1v) is 5.84. The van der Waals surface area contributed by atoms with Gasteiger partial charge in [0.15, 0.2) is 6.29 Å². The average Bonchev–Trinajstić information content (AvgIpc) is 2.64. The molecule has 0 N–H and O–H groups in total. The Morgan fingerprint density at radius 3 is 2.61 bits per heavy atom. The molecule has 94 valence electrons. The Hall–Kier alpha value is -2.10. The molecule has 0 fully saturated rings. The van der Waals surface area contributed by atoms with Crippen LogP contribution < -0.4 is 4.74 Å². The second-order valence-corrected chi connectivity index (χ2v) is 4.22. The Balaban J connectivity index is 2.27. The molecule has 0 aliphatic carbocycles. The highest BCUT2D eigenvalue weighted by molar-refractivity contribution is 5.80. The molecule has 1 atom stereocenters. The molecule has 2 rings (SSSR count). The fourth-order valence-electron chi connectivity index (χ4n) is 1.89. The van der Waals surface area contributed by atoms with Crippen molar-refractivity contribution in [2.45, 2.75) is 20.0 Å². The van der Waals surface area contributed by atoms with Crippen LogP contribution in [0.3, 0.4) is 0 Å². The summed E-state index contributed by atoms with van der Waals surface area (Å²) in [4.78, 5) is 11.0. The third kappa shape index (κ3) is 2.27. The molecule has 1 heterocycles. The van der Waals surface area contributed by atoms with E-state index in [1.807, 2.05) is 37.3 Å². The number of nitrogens with zero attached hydrogens (tertiary/aromatic N) is 2. The Bertz CT molecular complexity index is 546. The number of rotatable bonds is 4. The van der Waals surface area contributed by atoms with Gasteiger partial charge >= 0.3 is 0 Å². The topological polar surface area (TPSA) is 44.1 Å². The third-order valence-electron chi connectivity index (χ3n) is 2.89. The van der Waals surface area contributed by atoms with E-state index in [1.165, 1.54) is 0 Å². The van der Waals surface area contributed by atoms with E-state index in [0.717, 1.165) is 11.8 Å². The van der Waals surface area contributed by atoms with Crippen LogP contribution in [0.2, 0.25) is 0 Å². The van der Waals surface area contributed by atoms with Gasteiger partial charge in [0.25, 0.3) is 0 Å². The van der Waals surface area contributed by atoms with Gasteiger partial charge in [-0.25, -0.2) is 4.68 Å². The zero-order valence-electron chi connectivity index (χ0n) is 10.8. The van der Waals surface area contributed by atoms with E-state index in [2.05, 4.69) is 5.10 Å². The second kappa shape index (κ2) is 5.04. The molecule has 0 aliphatic heterocycles. The molecule has 4 heteroatoms. The zero-order chi connectivity index (χ0) is 13.1. The summed E-state index contributed by atoms with van der Waals surface area (Å²) in [6.07, 6.45) is 0.662. The minimum atomic E-state index is -0.125. The van der Waals surface area contributed by atoms with Crippen molar-refractivity contribution < 1.29 is 9.53 Å². The monoisotopic (exact) mass is 244 g/mol. The first kappa shape index (κ1) is 12.4. The summed E-state index contributed by atoms with van der Waals surface area (Å²) in [5, 5.41) is 4.19. The number of carbonyl (C=O) groups is 1. The summed E-state index contributed by atoms with van der Waals surface area (Å²) in [6, 6.07) is 9.87. The molecule has 1 aromatic carbocycles. The van der Waals surface area contributed by atoms with Crippen LogP contribution in [0.5, 0.6) is 5.88 Å². The van der Waals surface area contributed by atoms with Crippen LogP contribution in [0.1, 0.15) is 34.6 Å². The SMILES string of the molecule is Cc1nn(C)c(OC(C)c2ccccc2)c1C=O. The van der Waals surface area contributed by atoms with Gasteiger partial charge in [-0.05, 0) is 19.4 Å². The average molecular weight is 244 g/mol. The predicted octanol–water partition coefficient (Wildman–Crippen LogP) is 2.68. The van der Waals surface area contributed by atoms with Crippen LogP contribution >= 0.6 is 0 Å². The van der Waals surface area contributed by atoms with Gasteiger partial charge in [-0.2, -0.15) is 5.10 Å². The van der Waals surface area contributed by atoms with E-state index in [-0.39, 0.29) is 6.10 Å². The van der Waals surface area contributed by atoms with Crippen molar-refractivity contribution >= 4 is 6.29 Å². The maximum atomic E-state index is 11.0. The number of ether oxygens (including phenoxy) is 1. The third-order valence-corrected chi connectivity index (χ3v) is 2.89. The molecule has 0 amide bonds. The molecule has 0 bridgehead atoms. The molecular formula is C14H16N2O2. The normalized spacial score (nSPS) is 12.2. The second-order valence-electron chi connectivity index (χ2n) is 4.22. The largest absolute Gasteiger partial charge is 0.469 e. The number of benzene rings is 1. The van der Waals surface area contributed by atoms with E-state index in [9.17, 15) is 4.79 Å². The lowest BCUT2D eigenvalue weighted by Gasteiger charge is -2.15. The van der Waals surface area contributed by atoms with Crippen LogP contribution in [0, 0.1) is 6.92 Å². The quantitative estimate of drug-likeness (QED) is 0.777. The molecule has 18 heavy (non-hydrogen) atoms. The van der Waals surface area contributed by atoms with E-state index in [1.54, 1.807) is 18.7 Å². The molecule has 4 nitrogen and oxygen atoms in total. The van der Waals surface area contributed by atoms with Crippen molar-refractivity contribution in [1.29, 1.82) is 0 Å². The van der Waals surface area contributed by atoms with Crippen molar-refractivity contribution in [3.63, 3.8) is 0 Å². The Morgan fingerprint density at radius 2 is 2.00 bits per heavy atom. The van der Waals surface area contributed by atoms with Crippen molar-refractivity contribution in [2.24, 2.45) is 7.05 Å². The Kier molecular flexibility index (Phi) is 3.46. The fourth-order valence-corrected chi connectivity index (χ4v) is 1.89. The van der Waals surface area contributed by atoms with E-state index in [4.69, 9.17) is 4.74 Å². The summed E-state index contributed by atoms with van der Waals surface area (Å²) < 4.78 is 7.44. The highest BCUT2D eigenvalue weighted by Crippen LogP contribution is 2.25. The van der Waals surface area contributed by atoms with E-state index in [0.29, 0.717) is 17.1 Å². The maximum Gasteiger partial charge on any atom is 0.223 e. The van der Waals surface area contributed by atoms with Crippen molar-refractivity contribution in [1.82, 2.24) is 9.78 Å². The molecule has 2 aromatic rings. The number of hydrogen-bond donors (Lipinski definition) is 0. The summed E-state index contributed by atoms with van der Waals surface area (Å²) in [5.41, 5.74) is 2.26. The van der Waals surface area contributed by atoms with Crippen molar-refractivity contribution in [3.05, 3.63) is 47.2 Å². The van der Waals surface area contributed by atoms with Gasteiger partial charge in [0.05, 0.1) is 11.3 Å². The van der Waals surface area contributed by atoms with Crippen molar-refractivity contribution in [2.75, 3.05) is 0 Å². The van der Waals surface area contributed by atoms with Crippen LogP contribution in [-0.2, 0) is 7.05 Å². The lowest BCUT2D eigenvalue weighted by atomic mass is 10.1. The number of hydrogen-bond acceptors (Lipinski definition) is 3. The first-order valence-electron chi connectivity index (χ1n) is 5.84. The van der Waals surface area contributed by atoms with Gasteiger partial charge in [0, 0.05) is 7.05 Å². The molecule has 1 unspecified atom stereocenters. The van der Waals surface area contributed by atoms with Crippen molar-refractivity contribution in [3.8, 4) is 5.88 Å². The maximum absolute atomic E-state index is 11.0. The van der Waals surface area contributed by atoms with Crippen LogP contribution in [0.15, 0.2) is 30.3 Å². The summed E-state index contributed by atoms with van der Waals surface area (Å²) in [6.45, 7) is 3.75. The lowest BCUT2D eigenvalue weighted by molar-refractivity contribution is 0.111. The summed E-state index contributed by atoms with van der Waals surface area (Å²) in [7, 11) is 1.77. The fraction of sp³-hybridized carbons (Fsp3) is 0.286. The first-order chi connectivity index (χ1) is 8.63. The minimum absolute atomic E-state index is 0.125.